The molecule has 0 saturated carbocycles. The van der Waals surface area contributed by atoms with E-state index in [2.05, 4.69) is 0 Å². The van der Waals surface area contributed by atoms with Crippen molar-refractivity contribution in [3.05, 3.63) is 183 Å². The molecule has 1 aromatic heterocycles. The summed E-state index contributed by atoms with van der Waals surface area (Å²) in [5.41, 5.74) is -29.5. The van der Waals surface area contributed by atoms with Crippen molar-refractivity contribution < 1.29 is 115 Å². The summed E-state index contributed by atoms with van der Waals surface area (Å²) in [7, 11) is 0. The van der Waals surface area contributed by atoms with Crippen molar-refractivity contribution in [1.29, 1.82) is 0 Å². The number of carbonyl (C=O) groups excluding carboxylic acids is 1. The molecule has 0 radical (unpaired) electrons. The van der Waals surface area contributed by atoms with Crippen molar-refractivity contribution in [2.45, 2.75) is 56.0 Å². The first-order valence-corrected chi connectivity index (χ1v) is 20.0. The van der Waals surface area contributed by atoms with Gasteiger partial charge in [0.05, 0.1) is 44.5 Å². The van der Waals surface area contributed by atoms with E-state index < -0.39 is 195 Å². The van der Waals surface area contributed by atoms with Crippen LogP contribution in [0, 0.1) is 0 Å². The molecule has 0 amide bonds. The van der Waals surface area contributed by atoms with Crippen LogP contribution in [0.1, 0.15) is 54.9 Å². The fourth-order valence-electron chi connectivity index (χ4n) is 7.52. The van der Waals surface area contributed by atoms with Gasteiger partial charge >= 0.3 is 49.4 Å². The lowest BCUT2D eigenvalue weighted by Gasteiger charge is -2.46. The average molecular weight is 1100 g/mol. The van der Waals surface area contributed by atoms with E-state index >= 15 is 0 Å². The van der Waals surface area contributed by atoms with Crippen molar-refractivity contribution in [3.8, 4) is 0 Å². The fraction of sp³-hybridized carbons (Fsp3) is 0.200. The van der Waals surface area contributed by atoms with Crippen LogP contribution >= 0.6 is 11.6 Å². The molecule has 6 aromatic rings. The first-order valence-electron chi connectivity index (χ1n) is 19.6. The lowest BCUT2D eigenvalue weighted by atomic mass is 9.12. The summed E-state index contributed by atoms with van der Waals surface area (Å²) >= 11 is 5.97. The van der Waals surface area contributed by atoms with Crippen molar-refractivity contribution in [1.82, 2.24) is 0 Å². The quantitative estimate of drug-likeness (QED) is 0.0513. The highest BCUT2D eigenvalue weighted by Crippen LogP contribution is 2.41. The second kappa shape index (κ2) is 19.8. The number of halogens is 25. The van der Waals surface area contributed by atoms with E-state index in [1.165, 1.54) is 0 Å². The molecule has 6 rings (SSSR count). The molecule has 0 N–H and O–H groups in total. The summed E-state index contributed by atoms with van der Waals surface area (Å²) in [5.74, 6) is 0.0544. The smallest absolute Gasteiger partial charge is 0.287 e. The van der Waals surface area contributed by atoms with Crippen LogP contribution in [-0.4, -0.2) is 11.9 Å². The lowest BCUT2D eigenvalue weighted by Crippen LogP contribution is -2.75. The van der Waals surface area contributed by atoms with Crippen molar-refractivity contribution >= 4 is 45.4 Å². The number of benzene rings is 5. The number of hydrogen-bond donors (Lipinski definition) is 0. The molecule has 2 nitrogen and oxygen atoms in total. The number of alkyl halides is 24. The van der Waals surface area contributed by atoms with Gasteiger partial charge in [-0.1, -0.05) is 78.9 Å². The number of rotatable bonds is 7. The standard InChI is InChI=1S/C32H12BF24.C13H11ClNO/c34-25(35,36)13-1-14(26(37,38)39)6-21(5-13)33(22-7-15(27(40,41)42)2-16(8-22)28(43,44)45,23-9-17(29(46,47)48)3-18(10-23)30(49,50)51)24-11-19(31(52,53)54)4-20(12-24)32(55,56)57;14-13-8-4-5-9-15(13)10-12(16)11-6-2-1-3-7-11/h1-12H;1-9H,10H2/q-1;+1. The lowest BCUT2D eigenvalue weighted by molar-refractivity contribution is -0.681. The van der Waals surface area contributed by atoms with Gasteiger partial charge in [-0.25, -0.2) is 0 Å². The minimum atomic E-state index is -6.13. The van der Waals surface area contributed by atoms with Gasteiger partial charge in [0.2, 0.25) is 12.3 Å². The number of aromatic nitrogens is 1. The fourth-order valence-corrected chi connectivity index (χ4v) is 7.71. The van der Waals surface area contributed by atoms with Gasteiger partial charge < -0.3 is 0 Å². The summed E-state index contributed by atoms with van der Waals surface area (Å²) in [6.45, 7) is 0.268. The van der Waals surface area contributed by atoms with E-state index in [-0.39, 0.29) is 12.3 Å². The zero-order chi connectivity index (χ0) is 55.3. The van der Waals surface area contributed by atoms with E-state index in [1.807, 2.05) is 30.3 Å². The van der Waals surface area contributed by atoms with Gasteiger partial charge in [0, 0.05) is 17.7 Å². The minimum absolute atomic E-state index is 0.0544. The highest BCUT2D eigenvalue weighted by molar-refractivity contribution is 7.20. The Morgan fingerprint density at radius 1 is 0.356 bits per heavy atom. The van der Waals surface area contributed by atoms with Crippen LogP contribution in [0.25, 0.3) is 0 Å². The Labute approximate surface area is 398 Å². The molecule has 0 spiro atoms. The summed E-state index contributed by atoms with van der Waals surface area (Å²) in [6.07, 6.45) is -53.0. The molecule has 0 bridgehead atoms. The highest BCUT2D eigenvalue weighted by Gasteiger charge is 2.47. The molecule has 73 heavy (non-hydrogen) atoms. The van der Waals surface area contributed by atoms with Gasteiger partial charge in [0.25, 0.3) is 5.15 Å². The molecule has 0 atom stereocenters. The van der Waals surface area contributed by atoms with Crippen molar-refractivity contribution in [2.24, 2.45) is 0 Å². The van der Waals surface area contributed by atoms with Gasteiger partial charge in [-0.3, -0.25) is 4.79 Å². The molecular weight excluding hydrogens is 1070 g/mol. The number of carbonyl (C=O) groups is 1. The average Bonchev–Trinajstić information content (AvgIpc) is 3.25. The summed E-state index contributed by atoms with van der Waals surface area (Å²) in [6, 6.07) is 5.85. The van der Waals surface area contributed by atoms with E-state index in [1.54, 1.807) is 29.0 Å². The molecule has 0 aliphatic heterocycles. The predicted molar refractivity (Wildman–Crippen MR) is 212 cm³/mol. The summed E-state index contributed by atoms with van der Waals surface area (Å²) in [5, 5.41) is 0.562. The molecule has 1 heterocycles. The molecule has 28 heteroatoms. The molecule has 0 unspecified atom stereocenters. The van der Waals surface area contributed by atoms with Crippen molar-refractivity contribution in [3.63, 3.8) is 0 Å². The molecule has 0 fully saturated rings. The first kappa shape index (κ1) is 57.5. The van der Waals surface area contributed by atoms with Gasteiger partial charge in [0.15, 0.2) is 6.20 Å². The van der Waals surface area contributed by atoms with Gasteiger partial charge in [-0.2, -0.15) is 132 Å². The van der Waals surface area contributed by atoms with Crippen LogP contribution in [0.3, 0.4) is 0 Å². The maximum atomic E-state index is 14.2. The zero-order valence-corrected chi connectivity index (χ0v) is 36.0. The third-order valence-corrected chi connectivity index (χ3v) is 11.1. The third-order valence-electron chi connectivity index (χ3n) is 10.7. The Bertz CT molecular complexity index is 2530. The van der Waals surface area contributed by atoms with Crippen LogP contribution in [-0.2, 0) is 56.0 Å². The van der Waals surface area contributed by atoms with Crippen LogP contribution in [0.15, 0.2) is 128 Å². The molecule has 0 aliphatic rings. The van der Waals surface area contributed by atoms with Crippen LogP contribution in [0.4, 0.5) is 105 Å². The summed E-state index contributed by atoms with van der Waals surface area (Å²) in [4.78, 5) is 11.9. The Hall–Kier alpha value is -6.41. The molecular formula is C45H23BClF24NO. The first-order chi connectivity index (χ1) is 33.0. The number of Topliss-reactive ketones (excluding diaryl/α,β-unsaturated/α-hetero) is 1. The Morgan fingerprint density at radius 2 is 0.589 bits per heavy atom. The molecule has 0 saturated heterocycles. The molecule has 392 valence electrons. The Kier molecular flexibility index (Phi) is 15.6. The predicted octanol–water partition coefficient (Wildman–Crippen LogP) is 13.7. The van der Waals surface area contributed by atoms with Crippen molar-refractivity contribution in [2.75, 3.05) is 0 Å². The van der Waals surface area contributed by atoms with Crippen LogP contribution in [0.5, 0.6) is 0 Å². The summed E-state index contributed by atoms with van der Waals surface area (Å²) < 4.78 is 343. The van der Waals surface area contributed by atoms with E-state index in [0.717, 1.165) is 0 Å². The normalized spacial score (nSPS) is 13.4. The second-order valence-electron chi connectivity index (χ2n) is 15.7. The van der Waals surface area contributed by atoms with Gasteiger partial charge in [-0.05, 0) is 41.9 Å². The maximum Gasteiger partial charge on any atom is 0.416 e. The largest absolute Gasteiger partial charge is 0.416 e. The number of nitrogens with zero attached hydrogens (tertiary/aromatic N) is 1. The zero-order valence-electron chi connectivity index (χ0n) is 35.2. The van der Waals surface area contributed by atoms with E-state index in [4.69, 9.17) is 11.6 Å². The van der Waals surface area contributed by atoms with Gasteiger partial charge in [0.1, 0.15) is 6.15 Å². The van der Waals surface area contributed by atoms with E-state index in [0.29, 0.717) is 10.7 Å². The minimum Gasteiger partial charge on any atom is -0.287 e. The number of hydrogen-bond acceptors (Lipinski definition) is 1. The van der Waals surface area contributed by atoms with Crippen LogP contribution in [0.2, 0.25) is 5.15 Å². The topological polar surface area (TPSA) is 20.9 Å². The number of pyridine rings is 1. The SMILES string of the molecule is FC(F)(F)c1cc([B-](c2cc(C(F)(F)F)cc(C(F)(F)F)c2)(c2cc(C(F)(F)F)cc(C(F)(F)F)c2)c2cc(C(F)(F)F)cc(C(F)(F)F)c2)cc(C(F)(F)F)c1.O=C(C[n+]1ccccc1Cl)c1ccccc1. The number of ketones is 1. The molecule has 5 aromatic carbocycles. The monoisotopic (exact) mass is 1100 g/mol. The van der Waals surface area contributed by atoms with Gasteiger partial charge in [-0.15, -0.1) is 0 Å². The second-order valence-corrected chi connectivity index (χ2v) is 16.1. The third kappa shape index (κ3) is 13.4. The highest BCUT2D eigenvalue weighted by atomic mass is 35.5. The Morgan fingerprint density at radius 3 is 0.808 bits per heavy atom. The van der Waals surface area contributed by atoms with Crippen LogP contribution < -0.4 is 26.4 Å². The molecule has 0 aliphatic carbocycles. The van der Waals surface area contributed by atoms with E-state index in [9.17, 15) is 110 Å². The maximum absolute atomic E-state index is 14.2. The Balaban J connectivity index is 0.000000520.